The van der Waals surface area contributed by atoms with Crippen molar-refractivity contribution in [2.45, 2.75) is 25.7 Å². The molecule has 1 aromatic heterocycles. The van der Waals surface area contributed by atoms with Crippen molar-refractivity contribution in [2.75, 3.05) is 6.54 Å². The first-order valence-electron chi connectivity index (χ1n) is 6.07. The molecule has 1 unspecified atom stereocenters. The van der Waals surface area contributed by atoms with Gasteiger partial charge in [0.2, 0.25) is 5.89 Å². The van der Waals surface area contributed by atoms with Gasteiger partial charge >= 0.3 is 0 Å². The molecular weight excluding hydrogens is 269 g/mol. The molecule has 2 N–H and O–H groups in total. The summed E-state index contributed by atoms with van der Waals surface area (Å²) in [6.45, 7) is 2.52. The fourth-order valence-corrected chi connectivity index (χ4v) is 1.96. The maximum atomic E-state index is 13.7. The van der Waals surface area contributed by atoms with Gasteiger partial charge in [-0.3, -0.25) is 0 Å². The third-order valence-corrected chi connectivity index (χ3v) is 3.18. The second-order valence-electron chi connectivity index (χ2n) is 4.42. The fourth-order valence-electron chi connectivity index (χ4n) is 1.77. The smallest absolute Gasteiger partial charge is 0.229 e. The molecule has 4 nitrogen and oxygen atoms in total. The van der Waals surface area contributed by atoms with Crippen molar-refractivity contribution in [3.05, 3.63) is 46.3 Å². The van der Waals surface area contributed by atoms with Crippen LogP contribution in [-0.4, -0.2) is 16.7 Å². The van der Waals surface area contributed by atoms with Gasteiger partial charge in [0.25, 0.3) is 0 Å². The van der Waals surface area contributed by atoms with Gasteiger partial charge in [0.15, 0.2) is 5.82 Å². The van der Waals surface area contributed by atoms with E-state index in [1.807, 2.05) is 6.92 Å². The Hall–Kier alpha value is -1.46. The Labute approximate surface area is 115 Å². The minimum Gasteiger partial charge on any atom is -0.339 e. The highest BCUT2D eigenvalue weighted by Crippen LogP contribution is 2.21. The highest BCUT2D eigenvalue weighted by molar-refractivity contribution is 6.30. The standard InChI is InChI=1S/C13H15ClFN3O/c1-8(5-6-16)13-17-11(18-19-13)7-9-3-2-4-10(14)12(9)15/h2-4,8H,5-7,16H2,1H3. The number of aromatic nitrogens is 2. The number of nitrogens with zero attached hydrogens (tertiary/aromatic N) is 2. The first-order valence-corrected chi connectivity index (χ1v) is 6.45. The normalized spacial score (nSPS) is 12.6. The van der Waals surface area contributed by atoms with Crippen molar-refractivity contribution in [1.82, 2.24) is 10.1 Å². The number of halogens is 2. The summed E-state index contributed by atoms with van der Waals surface area (Å²) in [7, 11) is 0. The third-order valence-electron chi connectivity index (χ3n) is 2.89. The van der Waals surface area contributed by atoms with E-state index in [1.165, 1.54) is 6.07 Å². The van der Waals surface area contributed by atoms with Crippen molar-refractivity contribution < 1.29 is 8.91 Å². The highest BCUT2D eigenvalue weighted by Gasteiger charge is 2.15. The maximum Gasteiger partial charge on any atom is 0.229 e. The van der Waals surface area contributed by atoms with Crippen molar-refractivity contribution in [3.8, 4) is 0 Å². The summed E-state index contributed by atoms with van der Waals surface area (Å²) in [5.74, 6) is 0.643. The summed E-state index contributed by atoms with van der Waals surface area (Å²) >= 11 is 5.72. The largest absolute Gasteiger partial charge is 0.339 e. The predicted octanol–water partition coefficient (Wildman–Crippen LogP) is 2.91. The van der Waals surface area contributed by atoms with Gasteiger partial charge in [-0.05, 0) is 24.6 Å². The minimum absolute atomic E-state index is 0.0951. The lowest BCUT2D eigenvalue weighted by atomic mass is 10.1. The molecule has 19 heavy (non-hydrogen) atoms. The molecule has 0 aliphatic carbocycles. The van der Waals surface area contributed by atoms with E-state index in [-0.39, 0.29) is 17.4 Å². The van der Waals surface area contributed by atoms with Crippen LogP contribution in [0.3, 0.4) is 0 Å². The van der Waals surface area contributed by atoms with Gasteiger partial charge in [-0.15, -0.1) is 0 Å². The Morgan fingerprint density at radius 1 is 1.47 bits per heavy atom. The second kappa shape index (κ2) is 6.12. The number of benzene rings is 1. The first kappa shape index (κ1) is 14.0. The predicted molar refractivity (Wildman–Crippen MR) is 70.6 cm³/mol. The number of rotatable bonds is 5. The van der Waals surface area contributed by atoms with E-state index in [2.05, 4.69) is 10.1 Å². The molecule has 2 rings (SSSR count). The molecule has 0 bridgehead atoms. The summed E-state index contributed by atoms with van der Waals surface area (Å²) < 4.78 is 18.9. The summed E-state index contributed by atoms with van der Waals surface area (Å²) in [6, 6.07) is 4.85. The van der Waals surface area contributed by atoms with Crippen LogP contribution >= 0.6 is 11.6 Å². The molecule has 0 amide bonds. The molecule has 2 aromatic rings. The zero-order valence-corrected chi connectivity index (χ0v) is 11.3. The van der Waals surface area contributed by atoms with E-state index in [0.29, 0.717) is 23.8 Å². The van der Waals surface area contributed by atoms with Gasteiger partial charge in [0, 0.05) is 12.3 Å². The molecule has 0 saturated carbocycles. The zero-order chi connectivity index (χ0) is 13.8. The molecule has 6 heteroatoms. The molecule has 0 fully saturated rings. The quantitative estimate of drug-likeness (QED) is 0.916. The van der Waals surface area contributed by atoms with Crippen molar-refractivity contribution in [3.63, 3.8) is 0 Å². The van der Waals surface area contributed by atoms with E-state index in [4.69, 9.17) is 21.9 Å². The van der Waals surface area contributed by atoms with Crippen LogP contribution in [0.4, 0.5) is 4.39 Å². The summed E-state index contributed by atoms with van der Waals surface area (Å²) in [5, 5.41) is 3.94. The Morgan fingerprint density at radius 3 is 3.00 bits per heavy atom. The monoisotopic (exact) mass is 283 g/mol. The fraction of sp³-hybridized carbons (Fsp3) is 0.385. The minimum atomic E-state index is -0.439. The molecule has 1 heterocycles. The first-order chi connectivity index (χ1) is 9.11. The van der Waals surface area contributed by atoms with E-state index >= 15 is 0 Å². The van der Waals surface area contributed by atoms with Crippen molar-refractivity contribution >= 4 is 11.6 Å². The molecule has 0 radical (unpaired) electrons. The number of hydrogen-bond donors (Lipinski definition) is 1. The van der Waals surface area contributed by atoms with Crippen molar-refractivity contribution in [1.29, 1.82) is 0 Å². The third kappa shape index (κ3) is 3.30. The van der Waals surface area contributed by atoms with Gasteiger partial charge < -0.3 is 10.3 Å². The molecular formula is C13H15ClFN3O. The summed E-state index contributed by atoms with van der Waals surface area (Å²) in [5.41, 5.74) is 5.93. The Morgan fingerprint density at radius 2 is 2.26 bits per heavy atom. The topological polar surface area (TPSA) is 64.9 Å². The zero-order valence-electron chi connectivity index (χ0n) is 10.6. The van der Waals surface area contributed by atoms with Gasteiger partial charge in [0.05, 0.1) is 5.02 Å². The van der Waals surface area contributed by atoms with Gasteiger partial charge in [0.1, 0.15) is 5.82 Å². The Bertz CT molecular complexity index is 559. The summed E-state index contributed by atoms with van der Waals surface area (Å²) in [4.78, 5) is 4.25. The van der Waals surface area contributed by atoms with Crippen LogP contribution in [-0.2, 0) is 6.42 Å². The van der Waals surface area contributed by atoms with Crippen molar-refractivity contribution in [2.24, 2.45) is 5.73 Å². The maximum absolute atomic E-state index is 13.7. The molecule has 0 spiro atoms. The lowest BCUT2D eigenvalue weighted by Gasteiger charge is -2.02. The Balaban J connectivity index is 2.14. The molecule has 1 aromatic carbocycles. The van der Waals surface area contributed by atoms with Crippen LogP contribution < -0.4 is 5.73 Å². The van der Waals surface area contributed by atoms with Crippen LogP contribution in [0.1, 0.15) is 36.5 Å². The lowest BCUT2D eigenvalue weighted by molar-refractivity contribution is 0.351. The average Bonchev–Trinajstić information content (AvgIpc) is 2.84. The second-order valence-corrected chi connectivity index (χ2v) is 4.82. The number of nitrogens with two attached hydrogens (primary N) is 1. The molecule has 0 aliphatic rings. The van der Waals surface area contributed by atoms with Crippen LogP contribution in [0.25, 0.3) is 0 Å². The molecule has 1 atom stereocenters. The van der Waals surface area contributed by atoms with E-state index < -0.39 is 5.82 Å². The van der Waals surface area contributed by atoms with Gasteiger partial charge in [-0.1, -0.05) is 35.8 Å². The lowest BCUT2D eigenvalue weighted by Crippen LogP contribution is -2.05. The average molecular weight is 284 g/mol. The van der Waals surface area contributed by atoms with E-state index in [0.717, 1.165) is 6.42 Å². The van der Waals surface area contributed by atoms with Gasteiger partial charge in [-0.25, -0.2) is 4.39 Å². The highest BCUT2D eigenvalue weighted by atomic mass is 35.5. The molecule has 0 saturated heterocycles. The summed E-state index contributed by atoms with van der Waals surface area (Å²) in [6.07, 6.45) is 1.03. The molecule has 102 valence electrons. The SMILES string of the molecule is CC(CCN)c1nc(Cc2cccc(Cl)c2F)no1. The Kier molecular flexibility index (Phi) is 4.50. The van der Waals surface area contributed by atoms with Crippen LogP contribution in [0.5, 0.6) is 0 Å². The van der Waals surface area contributed by atoms with E-state index in [9.17, 15) is 4.39 Å². The van der Waals surface area contributed by atoms with Crippen LogP contribution in [0.2, 0.25) is 5.02 Å². The molecule has 0 aliphatic heterocycles. The van der Waals surface area contributed by atoms with Crippen LogP contribution in [0, 0.1) is 5.82 Å². The van der Waals surface area contributed by atoms with E-state index in [1.54, 1.807) is 12.1 Å². The number of hydrogen-bond acceptors (Lipinski definition) is 4. The van der Waals surface area contributed by atoms with Gasteiger partial charge in [-0.2, -0.15) is 4.98 Å². The van der Waals surface area contributed by atoms with Crippen LogP contribution in [0.15, 0.2) is 22.7 Å².